The number of furan rings is 1. The molecule has 3 nitrogen and oxygen atoms in total. The van der Waals surface area contributed by atoms with Crippen LogP contribution in [0.2, 0.25) is 0 Å². The number of rotatable bonds is 2. The maximum Gasteiger partial charge on any atom is 0.169 e. The molecule has 1 N–H and O–H groups in total. The summed E-state index contributed by atoms with van der Waals surface area (Å²) in [7, 11) is 0. The van der Waals surface area contributed by atoms with Gasteiger partial charge in [-0.3, -0.25) is 0 Å². The van der Waals surface area contributed by atoms with E-state index in [-0.39, 0.29) is 5.75 Å². The zero-order chi connectivity index (χ0) is 12.5. The van der Waals surface area contributed by atoms with Crippen LogP contribution >= 0.6 is 27.3 Å². The van der Waals surface area contributed by atoms with Crippen molar-refractivity contribution < 1.29 is 9.52 Å². The Kier molecular flexibility index (Phi) is 2.93. The first kappa shape index (κ1) is 11.5. The zero-order valence-corrected chi connectivity index (χ0v) is 11.5. The molecule has 0 aliphatic heterocycles. The average Bonchev–Trinajstić information content (AvgIpc) is 2.97. The third-order valence-corrected chi connectivity index (χ3v) is 3.74. The summed E-state index contributed by atoms with van der Waals surface area (Å²) in [5.41, 5.74) is 1.70. The summed E-state index contributed by atoms with van der Waals surface area (Å²) in [5, 5.41) is 12.2. The highest BCUT2D eigenvalue weighted by atomic mass is 79.9. The first-order chi connectivity index (χ1) is 8.72. The largest absolute Gasteiger partial charge is 0.508 e. The second-order valence-electron chi connectivity index (χ2n) is 3.69. The van der Waals surface area contributed by atoms with E-state index in [4.69, 9.17) is 4.42 Å². The molecule has 3 rings (SSSR count). The third kappa shape index (κ3) is 2.19. The topological polar surface area (TPSA) is 46.3 Å². The summed E-state index contributed by atoms with van der Waals surface area (Å²) in [5.74, 6) is 0.967. The highest BCUT2D eigenvalue weighted by Gasteiger charge is 2.09. The molecule has 2 aromatic heterocycles. The van der Waals surface area contributed by atoms with E-state index in [0.717, 1.165) is 22.0 Å². The molecule has 0 amide bonds. The molecule has 2 heterocycles. The van der Waals surface area contributed by atoms with Crippen molar-refractivity contribution in [3.05, 3.63) is 46.4 Å². The number of hydrogen-bond acceptors (Lipinski definition) is 4. The minimum atomic E-state index is 0.241. The Morgan fingerprint density at radius 2 is 2.11 bits per heavy atom. The van der Waals surface area contributed by atoms with Crippen LogP contribution < -0.4 is 0 Å². The summed E-state index contributed by atoms with van der Waals surface area (Å²) in [6, 6.07) is 10.8. The first-order valence-electron chi connectivity index (χ1n) is 5.23. The number of phenolic OH excluding ortho intramolecular Hbond substituents is 1. The van der Waals surface area contributed by atoms with Gasteiger partial charge < -0.3 is 9.52 Å². The molecule has 5 heteroatoms. The second kappa shape index (κ2) is 4.59. The lowest BCUT2D eigenvalue weighted by molar-refractivity contribution is 0.475. The molecule has 0 saturated carbocycles. The van der Waals surface area contributed by atoms with E-state index < -0.39 is 0 Å². The molecular weight excluding hydrogens is 314 g/mol. The molecule has 0 atom stereocenters. The predicted octanol–water partition coefficient (Wildman–Crippen LogP) is 4.54. The zero-order valence-electron chi connectivity index (χ0n) is 9.13. The maximum absolute atomic E-state index is 9.45. The lowest BCUT2D eigenvalue weighted by Crippen LogP contribution is -1.77. The summed E-state index contributed by atoms with van der Waals surface area (Å²) in [6.07, 6.45) is 0. The molecule has 0 spiro atoms. The first-order valence-corrected chi connectivity index (χ1v) is 6.90. The van der Waals surface area contributed by atoms with E-state index in [9.17, 15) is 5.11 Å². The third-order valence-electron chi connectivity index (χ3n) is 2.42. The highest BCUT2D eigenvalue weighted by molar-refractivity contribution is 9.10. The van der Waals surface area contributed by atoms with Crippen molar-refractivity contribution in [3.8, 4) is 27.8 Å². The number of nitrogens with zero attached hydrogens (tertiary/aromatic N) is 1. The van der Waals surface area contributed by atoms with Crippen molar-refractivity contribution in [2.24, 2.45) is 0 Å². The molecule has 0 fully saturated rings. The van der Waals surface area contributed by atoms with Crippen LogP contribution in [-0.4, -0.2) is 10.1 Å². The summed E-state index contributed by atoms with van der Waals surface area (Å²) in [4.78, 5) is 4.50. The van der Waals surface area contributed by atoms with Crippen molar-refractivity contribution >= 4 is 27.3 Å². The van der Waals surface area contributed by atoms with Gasteiger partial charge in [-0.2, -0.15) is 0 Å². The molecule has 0 aliphatic rings. The molecule has 0 unspecified atom stereocenters. The van der Waals surface area contributed by atoms with Gasteiger partial charge in [0.25, 0.3) is 0 Å². The highest BCUT2D eigenvalue weighted by Crippen LogP contribution is 2.31. The predicted molar refractivity (Wildman–Crippen MR) is 74.6 cm³/mol. The number of aromatic nitrogens is 1. The van der Waals surface area contributed by atoms with Crippen LogP contribution in [0.4, 0.5) is 0 Å². The minimum Gasteiger partial charge on any atom is -0.508 e. The number of thiazole rings is 1. The van der Waals surface area contributed by atoms with Crippen molar-refractivity contribution in [2.45, 2.75) is 0 Å². The summed E-state index contributed by atoms with van der Waals surface area (Å²) < 4.78 is 6.14. The fourth-order valence-electron chi connectivity index (χ4n) is 1.61. The van der Waals surface area contributed by atoms with Gasteiger partial charge in [-0.15, -0.1) is 11.3 Å². The van der Waals surface area contributed by atoms with Crippen LogP contribution in [0.5, 0.6) is 5.75 Å². The summed E-state index contributed by atoms with van der Waals surface area (Å²) >= 11 is 4.78. The van der Waals surface area contributed by atoms with Gasteiger partial charge in [0, 0.05) is 10.9 Å². The fraction of sp³-hybridized carbons (Fsp3) is 0. The fourth-order valence-corrected chi connectivity index (χ4v) is 2.72. The van der Waals surface area contributed by atoms with Crippen molar-refractivity contribution in [2.75, 3.05) is 0 Å². The van der Waals surface area contributed by atoms with Crippen molar-refractivity contribution in [3.63, 3.8) is 0 Å². The van der Waals surface area contributed by atoms with E-state index in [1.165, 1.54) is 11.3 Å². The van der Waals surface area contributed by atoms with E-state index in [1.54, 1.807) is 18.2 Å². The van der Waals surface area contributed by atoms with Crippen molar-refractivity contribution in [1.29, 1.82) is 0 Å². The maximum atomic E-state index is 9.45. The molecule has 0 saturated heterocycles. The number of hydrogen-bond donors (Lipinski definition) is 1. The smallest absolute Gasteiger partial charge is 0.169 e. The standard InChI is InChI=1S/C13H8BrNO2S/c14-12-5-4-11(17-12)10-7-18-13(15-10)8-2-1-3-9(16)6-8/h1-7,16H. The molecular formula is C13H8BrNO2S. The number of phenols is 1. The van der Waals surface area contributed by atoms with Crippen LogP contribution in [0.1, 0.15) is 0 Å². The van der Waals surface area contributed by atoms with Gasteiger partial charge in [0.2, 0.25) is 0 Å². The van der Waals surface area contributed by atoms with Crippen LogP contribution in [0.25, 0.3) is 22.0 Å². The normalized spacial score (nSPS) is 10.7. The van der Waals surface area contributed by atoms with Crippen LogP contribution in [0.3, 0.4) is 0 Å². The van der Waals surface area contributed by atoms with Crippen molar-refractivity contribution in [1.82, 2.24) is 4.98 Å². The van der Waals surface area contributed by atoms with E-state index in [1.807, 2.05) is 23.6 Å². The van der Waals surface area contributed by atoms with Crippen LogP contribution in [0, 0.1) is 0 Å². The number of benzene rings is 1. The quantitative estimate of drug-likeness (QED) is 0.753. The molecule has 0 radical (unpaired) electrons. The van der Waals surface area contributed by atoms with Gasteiger partial charge in [-0.05, 0) is 40.2 Å². The van der Waals surface area contributed by atoms with Gasteiger partial charge >= 0.3 is 0 Å². The Hall–Kier alpha value is -1.59. The van der Waals surface area contributed by atoms with Gasteiger partial charge in [-0.1, -0.05) is 12.1 Å². The Balaban J connectivity index is 1.99. The molecule has 1 aromatic carbocycles. The van der Waals surface area contributed by atoms with E-state index >= 15 is 0 Å². The lowest BCUT2D eigenvalue weighted by Gasteiger charge is -1.96. The second-order valence-corrected chi connectivity index (χ2v) is 5.33. The van der Waals surface area contributed by atoms with Crippen LogP contribution in [-0.2, 0) is 0 Å². The lowest BCUT2D eigenvalue weighted by atomic mass is 10.2. The Bertz CT molecular complexity index is 690. The van der Waals surface area contributed by atoms with E-state index in [2.05, 4.69) is 20.9 Å². The van der Waals surface area contributed by atoms with Gasteiger partial charge in [0.05, 0.1) is 0 Å². The van der Waals surface area contributed by atoms with Gasteiger partial charge in [0.1, 0.15) is 16.5 Å². The minimum absolute atomic E-state index is 0.241. The molecule has 0 bridgehead atoms. The van der Waals surface area contributed by atoms with Crippen LogP contribution in [0.15, 0.2) is 50.9 Å². The number of aromatic hydroxyl groups is 1. The molecule has 90 valence electrons. The Morgan fingerprint density at radius 1 is 1.22 bits per heavy atom. The monoisotopic (exact) mass is 321 g/mol. The SMILES string of the molecule is Oc1cccc(-c2nc(-c3ccc(Br)o3)cs2)c1. The van der Waals surface area contributed by atoms with Gasteiger partial charge in [0.15, 0.2) is 10.4 Å². The Labute approximate surface area is 116 Å². The molecule has 3 aromatic rings. The van der Waals surface area contributed by atoms with Gasteiger partial charge in [-0.25, -0.2) is 4.98 Å². The molecule has 0 aliphatic carbocycles. The van der Waals surface area contributed by atoms with E-state index in [0.29, 0.717) is 4.67 Å². The molecule has 18 heavy (non-hydrogen) atoms. The number of halogens is 1. The summed E-state index contributed by atoms with van der Waals surface area (Å²) in [6.45, 7) is 0. The Morgan fingerprint density at radius 3 is 2.83 bits per heavy atom. The average molecular weight is 322 g/mol.